The van der Waals surface area contributed by atoms with Crippen molar-refractivity contribution in [3.8, 4) is 11.5 Å². The number of urea groups is 1. The average Bonchev–Trinajstić information content (AvgIpc) is 2.72. The number of amides is 3. The standard InChI is InChI=1S/C15H17BrN2O4/c1-3-5-18-14(20)11(17-15(18)21)6-9-7-13(22-4-2)12(19)8-10(9)16/h6-8,19H,3-5H2,1-2H3,(H,17,21)/b11-6+. The van der Waals surface area contributed by atoms with Gasteiger partial charge in [-0.15, -0.1) is 0 Å². The normalized spacial score (nSPS) is 16.3. The quantitative estimate of drug-likeness (QED) is 0.618. The Morgan fingerprint density at radius 1 is 1.36 bits per heavy atom. The maximum absolute atomic E-state index is 12.2. The molecule has 1 aliphatic heterocycles. The molecule has 2 rings (SSSR count). The van der Waals surface area contributed by atoms with Crippen LogP contribution in [0.15, 0.2) is 22.3 Å². The number of benzene rings is 1. The van der Waals surface area contributed by atoms with Crippen LogP contribution in [0.25, 0.3) is 6.08 Å². The molecule has 0 saturated carbocycles. The van der Waals surface area contributed by atoms with Crippen molar-refractivity contribution >= 4 is 33.9 Å². The molecule has 1 aromatic carbocycles. The number of hydrogen-bond acceptors (Lipinski definition) is 4. The molecule has 0 bridgehead atoms. The summed E-state index contributed by atoms with van der Waals surface area (Å²) in [5.74, 6) is -0.0326. The molecule has 0 aliphatic carbocycles. The number of carbonyl (C=O) groups excluding carboxylic acids is 2. The Kier molecular flexibility index (Phi) is 5.07. The summed E-state index contributed by atoms with van der Waals surface area (Å²) in [6, 6.07) is 2.68. The molecule has 6 nitrogen and oxygen atoms in total. The number of phenolic OH excluding ortho intramolecular Hbond substituents is 1. The molecular weight excluding hydrogens is 352 g/mol. The van der Waals surface area contributed by atoms with Gasteiger partial charge in [-0.2, -0.15) is 0 Å². The number of hydrogen-bond donors (Lipinski definition) is 2. The topological polar surface area (TPSA) is 78.9 Å². The zero-order chi connectivity index (χ0) is 16.3. The molecule has 7 heteroatoms. The summed E-state index contributed by atoms with van der Waals surface area (Å²) in [7, 11) is 0. The molecule has 118 valence electrons. The van der Waals surface area contributed by atoms with Gasteiger partial charge >= 0.3 is 6.03 Å². The highest BCUT2D eigenvalue weighted by atomic mass is 79.9. The van der Waals surface area contributed by atoms with Crippen LogP contribution in [-0.2, 0) is 4.79 Å². The lowest BCUT2D eigenvalue weighted by Crippen LogP contribution is -2.31. The third kappa shape index (κ3) is 3.24. The highest BCUT2D eigenvalue weighted by molar-refractivity contribution is 9.10. The predicted molar refractivity (Wildman–Crippen MR) is 85.5 cm³/mol. The van der Waals surface area contributed by atoms with Crippen molar-refractivity contribution in [2.45, 2.75) is 20.3 Å². The zero-order valence-electron chi connectivity index (χ0n) is 12.4. The van der Waals surface area contributed by atoms with E-state index in [4.69, 9.17) is 4.74 Å². The molecule has 1 aliphatic rings. The molecule has 0 radical (unpaired) electrons. The Morgan fingerprint density at radius 2 is 2.09 bits per heavy atom. The van der Waals surface area contributed by atoms with Gasteiger partial charge in [0.25, 0.3) is 5.91 Å². The fourth-order valence-corrected chi connectivity index (χ4v) is 2.54. The molecule has 0 unspecified atom stereocenters. The molecule has 1 fully saturated rings. The summed E-state index contributed by atoms with van der Waals surface area (Å²) in [6.07, 6.45) is 2.26. The van der Waals surface area contributed by atoms with Crippen LogP contribution >= 0.6 is 15.9 Å². The first-order chi connectivity index (χ1) is 10.5. The van der Waals surface area contributed by atoms with E-state index in [9.17, 15) is 14.7 Å². The van der Waals surface area contributed by atoms with Crippen molar-refractivity contribution in [3.63, 3.8) is 0 Å². The van der Waals surface area contributed by atoms with Gasteiger partial charge in [0.15, 0.2) is 11.5 Å². The highest BCUT2D eigenvalue weighted by Crippen LogP contribution is 2.34. The largest absolute Gasteiger partial charge is 0.504 e. The van der Waals surface area contributed by atoms with E-state index >= 15 is 0 Å². The van der Waals surface area contributed by atoms with Crippen molar-refractivity contribution < 1.29 is 19.4 Å². The van der Waals surface area contributed by atoms with Crippen LogP contribution in [0, 0.1) is 0 Å². The number of nitrogens with one attached hydrogen (secondary N) is 1. The van der Waals surface area contributed by atoms with E-state index in [0.717, 1.165) is 0 Å². The van der Waals surface area contributed by atoms with Gasteiger partial charge in [-0.05, 0) is 37.1 Å². The van der Waals surface area contributed by atoms with E-state index in [1.54, 1.807) is 12.1 Å². The second-order valence-corrected chi connectivity index (χ2v) is 5.57. The van der Waals surface area contributed by atoms with Crippen molar-refractivity contribution in [2.75, 3.05) is 13.2 Å². The van der Waals surface area contributed by atoms with Crippen molar-refractivity contribution in [1.82, 2.24) is 10.2 Å². The van der Waals surface area contributed by atoms with Gasteiger partial charge in [0.05, 0.1) is 6.61 Å². The minimum absolute atomic E-state index is 0.00488. The van der Waals surface area contributed by atoms with Crippen LogP contribution in [0.2, 0.25) is 0 Å². The average molecular weight is 369 g/mol. The van der Waals surface area contributed by atoms with Crippen LogP contribution in [0.4, 0.5) is 4.79 Å². The number of halogens is 1. The van der Waals surface area contributed by atoms with E-state index in [0.29, 0.717) is 35.4 Å². The number of aromatic hydroxyl groups is 1. The molecule has 22 heavy (non-hydrogen) atoms. The Morgan fingerprint density at radius 3 is 2.73 bits per heavy atom. The number of carbonyl (C=O) groups is 2. The van der Waals surface area contributed by atoms with E-state index in [2.05, 4.69) is 21.2 Å². The van der Waals surface area contributed by atoms with Crippen molar-refractivity contribution in [1.29, 1.82) is 0 Å². The second kappa shape index (κ2) is 6.83. The highest BCUT2D eigenvalue weighted by Gasteiger charge is 2.32. The third-order valence-corrected chi connectivity index (χ3v) is 3.77. The number of rotatable bonds is 5. The molecule has 0 atom stereocenters. The van der Waals surface area contributed by atoms with Gasteiger partial charge in [-0.25, -0.2) is 4.79 Å². The van der Waals surface area contributed by atoms with Gasteiger partial charge in [0.1, 0.15) is 5.70 Å². The van der Waals surface area contributed by atoms with Crippen LogP contribution in [0.3, 0.4) is 0 Å². The predicted octanol–water partition coefficient (Wildman–Crippen LogP) is 2.86. The third-order valence-electron chi connectivity index (χ3n) is 3.09. The monoisotopic (exact) mass is 368 g/mol. The summed E-state index contributed by atoms with van der Waals surface area (Å²) in [6.45, 7) is 4.49. The molecule has 0 spiro atoms. The molecule has 2 N–H and O–H groups in total. The number of nitrogens with zero attached hydrogens (tertiary/aromatic N) is 1. The summed E-state index contributed by atoms with van der Waals surface area (Å²) in [5.41, 5.74) is 0.829. The van der Waals surface area contributed by atoms with E-state index in [1.807, 2.05) is 13.8 Å². The van der Waals surface area contributed by atoms with Crippen LogP contribution < -0.4 is 10.1 Å². The summed E-state index contributed by atoms with van der Waals surface area (Å²) >= 11 is 3.32. The van der Waals surface area contributed by atoms with Crippen molar-refractivity contribution in [2.24, 2.45) is 0 Å². The SMILES string of the molecule is CCCN1C(=O)N/C(=C/c2cc(OCC)c(O)cc2Br)C1=O. The fraction of sp³-hybridized carbons (Fsp3) is 0.333. The number of phenols is 1. The van der Waals surface area contributed by atoms with Gasteiger partial charge < -0.3 is 15.2 Å². The van der Waals surface area contributed by atoms with E-state index in [-0.39, 0.29) is 17.4 Å². The van der Waals surface area contributed by atoms with Gasteiger partial charge in [0, 0.05) is 11.0 Å². The van der Waals surface area contributed by atoms with Gasteiger partial charge in [-0.1, -0.05) is 22.9 Å². The van der Waals surface area contributed by atoms with E-state index < -0.39 is 6.03 Å². The smallest absolute Gasteiger partial charge is 0.329 e. The lowest BCUT2D eigenvalue weighted by atomic mass is 10.1. The molecular formula is C15H17BrN2O4. The van der Waals surface area contributed by atoms with Gasteiger partial charge in [-0.3, -0.25) is 9.69 Å². The Bertz CT molecular complexity index is 643. The second-order valence-electron chi connectivity index (χ2n) is 4.72. The Labute approximate surface area is 136 Å². The van der Waals surface area contributed by atoms with Crippen LogP contribution in [0.1, 0.15) is 25.8 Å². The van der Waals surface area contributed by atoms with Crippen molar-refractivity contribution in [3.05, 3.63) is 27.9 Å². The zero-order valence-corrected chi connectivity index (χ0v) is 13.9. The number of ether oxygens (including phenoxy) is 1. The molecule has 1 aromatic rings. The Balaban J connectivity index is 2.35. The molecule has 1 saturated heterocycles. The molecule has 3 amide bonds. The maximum atomic E-state index is 12.2. The lowest BCUT2D eigenvalue weighted by Gasteiger charge is -2.09. The minimum Gasteiger partial charge on any atom is -0.504 e. The van der Waals surface area contributed by atoms with Crippen LogP contribution in [-0.4, -0.2) is 35.1 Å². The first-order valence-electron chi connectivity index (χ1n) is 6.97. The maximum Gasteiger partial charge on any atom is 0.329 e. The minimum atomic E-state index is -0.418. The fourth-order valence-electron chi connectivity index (χ4n) is 2.09. The first kappa shape index (κ1) is 16.4. The van der Waals surface area contributed by atoms with E-state index in [1.165, 1.54) is 11.0 Å². The molecule has 0 aromatic heterocycles. The molecule has 1 heterocycles. The van der Waals surface area contributed by atoms with Crippen LogP contribution in [0.5, 0.6) is 11.5 Å². The number of imide groups is 1. The lowest BCUT2D eigenvalue weighted by molar-refractivity contribution is -0.122. The first-order valence-corrected chi connectivity index (χ1v) is 7.77. The Hall–Kier alpha value is -2.02. The summed E-state index contributed by atoms with van der Waals surface area (Å²) in [5, 5.41) is 12.3. The summed E-state index contributed by atoms with van der Waals surface area (Å²) < 4.78 is 5.92. The van der Waals surface area contributed by atoms with Gasteiger partial charge in [0.2, 0.25) is 0 Å². The summed E-state index contributed by atoms with van der Waals surface area (Å²) in [4.78, 5) is 25.1.